The zero-order chi connectivity index (χ0) is 19.0. The largest absolute Gasteiger partial charge is 0.309 e. The lowest BCUT2D eigenvalue weighted by atomic mass is 10.0. The van der Waals surface area contributed by atoms with Gasteiger partial charge in [0, 0.05) is 18.5 Å². The van der Waals surface area contributed by atoms with Gasteiger partial charge < -0.3 is 4.57 Å². The first kappa shape index (κ1) is 18.0. The van der Waals surface area contributed by atoms with Crippen LogP contribution < -0.4 is 0 Å². The highest BCUT2D eigenvalue weighted by molar-refractivity contribution is 8.00. The predicted octanol–water partition coefficient (Wildman–Crippen LogP) is 5.03. The van der Waals surface area contributed by atoms with Crippen molar-refractivity contribution >= 4 is 17.5 Å². The van der Waals surface area contributed by atoms with Gasteiger partial charge >= 0.3 is 0 Å². The summed E-state index contributed by atoms with van der Waals surface area (Å²) in [5, 5.41) is 9.19. The Kier molecular flexibility index (Phi) is 4.87. The lowest BCUT2D eigenvalue weighted by molar-refractivity contribution is 0.0989. The van der Waals surface area contributed by atoms with Gasteiger partial charge in [0.15, 0.2) is 10.9 Å². The topological polar surface area (TPSA) is 47.8 Å². The van der Waals surface area contributed by atoms with Crippen LogP contribution in [-0.2, 0) is 7.05 Å². The Balaban J connectivity index is 1.68. The fraction of sp³-hybridized carbons (Fsp3) is 0.318. The summed E-state index contributed by atoms with van der Waals surface area (Å²) in [5.41, 5.74) is 4.05. The highest BCUT2D eigenvalue weighted by Crippen LogP contribution is 2.42. The highest BCUT2D eigenvalue weighted by atomic mass is 32.2. The molecule has 0 bridgehead atoms. The van der Waals surface area contributed by atoms with Gasteiger partial charge in [-0.3, -0.25) is 4.79 Å². The SMILES string of the molecule is Cc1ccc(C(=O)[C@@H](Sc2nnc(C3CC3)n2C)c2ccc(C)cc2)cc1. The Morgan fingerprint density at radius 1 is 1.00 bits per heavy atom. The first-order chi connectivity index (χ1) is 13.0. The van der Waals surface area contributed by atoms with Crippen molar-refractivity contribution in [1.82, 2.24) is 14.8 Å². The first-order valence-electron chi connectivity index (χ1n) is 9.26. The standard InChI is InChI=1S/C22H23N3OS/c1-14-4-8-16(9-5-14)19(26)20(17-10-6-15(2)7-11-17)27-22-24-23-21(25(22)3)18-12-13-18/h4-11,18,20H,12-13H2,1-3H3/t20-/m0/s1. The number of carbonyl (C=O) groups is 1. The molecule has 138 valence electrons. The minimum atomic E-state index is -0.344. The molecule has 0 amide bonds. The summed E-state index contributed by atoms with van der Waals surface area (Å²) in [6.45, 7) is 4.08. The van der Waals surface area contributed by atoms with Crippen molar-refractivity contribution in [2.24, 2.45) is 7.05 Å². The molecule has 4 rings (SSSR count). The second-order valence-corrected chi connectivity index (χ2v) is 8.39. The summed E-state index contributed by atoms with van der Waals surface area (Å²) in [4.78, 5) is 13.3. The van der Waals surface area contributed by atoms with E-state index >= 15 is 0 Å². The van der Waals surface area contributed by atoms with Crippen LogP contribution in [0.2, 0.25) is 0 Å². The van der Waals surface area contributed by atoms with Crippen molar-refractivity contribution in [1.29, 1.82) is 0 Å². The molecule has 1 aliphatic carbocycles. The van der Waals surface area contributed by atoms with Crippen molar-refractivity contribution in [2.75, 3.05) is 0 Å². The Labute approximate surface area is 164 Å². The molecule has 2 aromatic carbocycles. The summed E-state index contributed by atoms with van der Waals surface area (Å²) in [5.74, 6) is 1.66. The second kappa shape index (κ2) is 7.31. The van der Waals surface area contributed by atoms with Crippen LogP contribution in [0.1, 0.15) is 56.9 Å². The minimum Gasteiger partial charge on any atom is -0.309 e. The van der Waals surface area contributed by atoms with Crippen LogP contribution in [0.5, 0.6) is 0 Å². The highest BCUT2D eigenvalue weighted by Gasteiger charge is 2.31. The lowest BCUT2D eigenvalue weighted by Gasteiger charge is -2.16. The van der Waals surface area contributed by atoms with Crippen molar-refractivity contribution in [3.63, 3.8) is 0 Å². The maximum absolute atomic E-state index is 13.3. The van der Waals surface area contributed by atoms with E-state index in [9.17, 15) is 4.79 Å². The van der Waals surface area contributed by atoms with Gasteiger partial charge in [0.25, 0.3) is 0 Å². The molecule has 0 spiro atoms. The molecule has 1 heterocycles. The average molecular weight is 378 g/mol. The van der Waals surface area contributed by atoms with E-state index < -0.39 is 0 Å². The van der Waals surface area contributed by atoms with E-state index in [1.54, 1.807) is 0 Å². The molecule has 0 aliphatic heterocycles. The maximum Gasteiger partial charge on any atom is 0.192 e. The number of nitrogens with zero attached hydrogens (tertiary/aromatic N) is 3. The van der Waals surface area contributed by atoms with E-state index in [0.29, 0.717) is 5.92 Å². The van der Waals surface area contributed by atoms with E-state index in [2.05, 4.69) is 29.3 Å². The number of benzene rings is 2. The summed E-state index contributed by atoms with van der Waals surface area (Å²) in [6, 6.07) is 16.0. The first-order valence-corrected chi connectivity index (χ1v) is 10.1. The molecule has 0 N–H and O–H groups in total. The fourth-order valence-electron chi connectivity index (χ4n) is 3.11. The number of thioether (sulfide) groups is 1. The van der Waals surface area contributed by atoms with E-state index in [0.717, 1.165) is 27.7 Å². The van der Waals surface area contributed by atoms with Crippen molar-refractivity contribution in [2.45, 2.75) is 43.0 Å². The number of aryl methyl sites for hydroxylation is 2. The van der Waals surface area contributed by atoms with Crippen LogP contribution in [0.3, 0.4) is 0 Å². The number of Topliss-reactive ketones (excluding diaryl/α,β-unsaturated/α-hetero) is 1. The Bertz CT molecular complexity index is 956. The van der Waals surface area contributed by atoms with Crippen LogP contribution in [0.25, 0.3) is 0 Å². The molecule has 1 aliphatic rings. The molecule has 5 heteroatoms. The number of aromatic nitrogens is 3. The quantitative estimate of drug-likeness (QED) is 0.447. The van der Waals surface area contributed by atoms with E-state index in [1.807, 2.05) is 54.9 Å². The third-order valence-electron chi connectivity index (χ3n) is 4.99. The van der Waals surface area contributed by atoms with Crippen molar-refractivity contribution in [3.05, 3.63) is 76.6 Å². The predicted molar refractivity (Wildman–Crippen MR) is 108 cm³/mol. The summed E-state index contributed by atoms with van der Waals surface area (Å²) in [7, 11) is 2.00. The molecule has 0 saturated heterocycles. The van der Waals surface area contributed by atoms with Gasteiger partial charge in [-0.1, -0.05) is 71.4 Å². The molecule has 0 radical (unpaired) electrons. The van der Waals surface area contributed by atoms with Crippen LogP contribution >= 0.6 is 11.8 Å². The van der Waals surface area contributed by atoms with Crippen molar-refractivity contribution < 1.29 is 4.79 Å². The molecule has 4 nitrogen and oxygen atoms in total. The average Bonchev–Trinajstić information content (AvgIpc) is 3.45. The number of rotatable bonds is 6. The molecule has 1 saturated carbocycles. The van der Waals surface area contributed by atoms with E-state index in [4.69, 9.17) is 0 Å². The molecular weight excluding hydrogens is 354 g/mol. The zero-order valence-corrected chi connectivity index (χ0v) is 16.7. The van der Waals surface area contributed by atoms with Gasteiger partial charge in [0.05, 0.1) is 0 Å². The van der Waals surface area contributed by atoms with Gasteiger partial charge in [0.1, 0.15) is 11.1 Å². The summed E-state index contributed by atoms with van der Waals surface area (Å²) in [6.07, 6.45) is 2.36. The molecular formula is C22H23N3OS. The number of hydrogen-bond donors (Lipinski definition) is 0. The maximum atomic E-state index is 13.3. The molecule has 1 aromatic heterocycles. The number of ketones is 1. The minimum absolute atomic E-state index is 0.0971. The fourth-order valence-corrected chi connectivity index (χ4v) is 4.20. The number of hydrogen-bond acceptors (Lipinski definition) is 4. The molecule has 3 aromatic rings. The Morgan fingerprint density at radius 2 is 1.59 bits per heavy atom. The third kappa shape index (κ3) is 3.83. The molecule has 27 heavy (non-hydrogen) atoms. The Hall–Kier alpha value is -2.40. The van der Waals surface area contributed by atoms with Crippen LogP contribution in [0.4, 0.5) is 0 Å². The van der Waals surface area contributed by atoms with Crippen LogP contribution in [0, 0.1) is 13.8 Å². The van der Waals surface area contributed by atoms with Gasteiger partial charge in [-0.05, 0) is 32.3 Å². The Morgan fingerprint density at radius 3 is 2.19 bits per heavy atom. The smallest absolute Gasteiger partial charge is 0.192 e. The zero-order valence-electron chi connectivity index (χ0n) is 15.8. The van der Waals surface area contributed by atoms with Gasteiger partial charge in [-0.25, -0.2) is 0 Å². The van der Waals surface area contributed by atoms with Crippen LogP contribution in [0.15, 0.2) is 53.7 Å². The van der Waals surface area contributed by atoms with Gasteiger partial charge in [-0.15, -0.1) is 10.2 Å². The third-order valence-corrected chi connectivity index (χ3v) is 6.28. The second-order valence-electron chi connectivity index (χ2n) is 7.31. The molecule has 1 fully saturated rings. The number of carbonyl (C=O) groups excluding carboxylic acids is 1. The summed E-state index contributed by atoms with van der Waals surface area (Å²) >= 11 is 1.49. The lowest BCUT2D eigenvalue weighted by Crippen LogP contribution is -2.11. The van der Waals surface area contributed by atoms with Crippen molar-refractivity contribution in [3.8, 4) is 0 Å². The van der Waals surface area contributed by atoms with Gasteiger partial charge in [-0.2, -0.15) is 0 Å². The summed E-state index contributed by atoms with van der Waals surface area (Å²) < 4.78 is 2.05. The molecule has 1 atom stereocenters. The monoisotopic (exact) mass is 377 g/mol. The molecule has 0 unspecified atom stereocenters. The normalized spacial score (nSPS) is 14.9. The van der Waals surface area contributed by atoms with E-state index in [1.165, 1.54) is 30.2 Å². The van der Waals surface area contributed by atoms with Gasteiger partial charge in [0.2, 0.25) is 0 Å². The van der Waals surface area contributed by atoms with Crippen LogP contribution in [-0.4, -0.2) is 20.5 Å². The van der Waals surface area contributed by atoms with E-state index in [-0.39, 0.29) is 11.0 Å².